The summed E-state index contributed by atoms with van der Waals surface area (Å²) in [5.41, 5.74) is 9.31. The Bertz CT molecular complexity index is 1060. The van der Waals surface area contributed by atoms with Crippen LogP contribution < -0.4 is 10.6 Å². The molecule has 2 aromatic rings. The Labute approximate surface area is 189 Å². The van der Waals surface area contributed by atoms with Crippen LogP contribution in [0.2, 0.25) is 0 Å². The second-order valence-corrected chi connectivity index (χ2v) is 6.98. The lowest BCUT2D eigenvalue weighted by molar-refractivity contribution is -0.156. The van der Waals surface area contributed by atoms with Crippen LogP contribution in [0.25, 0.3) is 5.53 Å². The van der Waals surface area contributed by atoms with Crippen molar-refractivity contribution in [1.82, 2.24) is 10.6 Å². The van der Waals surface area contributed by atoms with Gasteiger partial charge in [0.25, 0.3) is 5.78 Å². The number of hydrogen-bond acceptors (Lipinski definition) is 6. The van der Waals surface area contributed by atoms with Crippen LogP contribution in [0.3, 0.4) is 0 Å². The van der Waals surface area contributed by atoms with E-state index in [1.54, 1.807) is 60.7 Å². The van der Waals surface area contributed by atoms with Crippen molar-refractivity contribution in [3.8, 4) is 0 Å². The van der Waals surface area contributed by atoms with E-state index in [0.717, 1.165) is 0 Å². The van der Waals surface area contributed by atoms with Gasteiger partial charge in [0, 0.05) is 6.42 Å². The standard InChI is InChI=1S/C23H22N4O6/c1-15(20(29)19(13-28)27-24)25-21(30)18(12-16-8-4-2-5-9-16)26-22(31)23(32)33-14-17-10-6-3-7-11-17/h2-11,13,15,18H,12,14H2,1H3,(H,25,30)(H,26,31)/t15-,18-/m0/s1. The fourth-order valence-corrected chi connectivity index (χ4v) is 2.80. The predicted molar refractivity (Wildman–Crippen MR) is 116 cm³/mol. The SMILES string of the molecule is C[C@H](NC(=O)[C@H](Cc1ccccc1)NC(=O)C(=O)OCc1ccccc1)C(=O)C(C=O)=[N+]=[N-]. The fraction of sp³-hybridized carbons (Fsp3) is 0.217. The molecular formula is C23H22N4O6. The van der Waals surface area contributed by atoms with Gasteiger partial charge in [-0.2, -0.15) is 4.79 Å². The van der Waals surface area contributed by atoms with Gasteiger partial charge in [0.15, 0.2) is 0 Å². The molecule has 2 aromatic carbocycles. The molecule has 2 rings (SSSR count). The summed E-state index contributed by atoms with van der Waals surface area (Å²) in [5.74, 6) is -4.02. The number of rotatable bonds is 10. The minimum Gasteiger partial charge on any atom is -0.454 e. The topological polar surface area (TPSA) is 155 Å². The number of aldehydes is 1. The van der Waals surface area contributed by atoms with E-state index in [1.807, 2.05) is 0 Å². The molecular weight excluding hydrogens is 428 g/mol. The third kappa shape index (κ3) is 7.64. The van der Waals surface area contributed by atoms with Gasteiger partial charge < -0.3 is 20.9 Å². The third-order valence-corrected chi connectivity index (χ3v) is 4.53. The van der Waals surface area contributed by atoms with Gasteiger partial charge in [-0.05, 0) is 18.1 Å². The third-order valence-electron chi connectivity index (χ3n) is 4.53. The number of nitrogens with one attached hydrogen (secondary N) is 2. The average Bonchev–Trinajstić information content (AvgIpc) is 2.83. The molecule has 0 saturated carbocycles. The monoisotopic (exact) mass is 450 g/mol. The average molecular weight is 450 g/mol. The van der Waals surface area contributed by atoms with Crippen molar-refractivity contribution in [3.05, 3.63) is 77.3 Å². The number of benzene rings is 2. The maximum Gasteiger partial charge on any atom is 0.399 e. The molecule has 10 nitrogen and oxygen atoms in total. The summed E-state index contributed by atoms with van der Waals surface area (Å²) in [6.07, 6.45) is 0.0663. The molecule has 0 heterocycles. The second-order valence-electron chi connectivity index (χ2n) is 6.98. The molecule has 0 spiro atoms. The Morgan fingerprint density at radius 3 is 2.09 bits per heavy atom. The van der Waals surface area contributed by atoms with Crippen LogP contribution in [0.5, 0.6) is 0 Å². The molecule has 33 heavy (non-hydrogen) atoms. The quantitative estimate of drug-likeness (QED) is 0.102. The van der Waals surface area contributed by atoms with E-state index >= 15 is 0 Å². The Kier molecular flexibility index (Phi) is 9.36. The smallest absolute Gasteiger partial charge is 0.399 e. The molecule has 0 radical (unpaired) electrons. The first-order valence-corrected chi connectivity index (χ1v) is 9.93. The Morgan fingerprint density at radius 1 is 0.970 bits per heavy atom. The highest BCUT2D eigenvalue weighted by molar-refractivity contribution is 6.59. The molecule has 0 bridgehead atoms. The first kappa shape index (κ1) is 24.8. The Hall–Kier alpha value is -4.43. The number of amides is 2. The largest absolute Gasteiger partial charge is 0.454 e. The van der Waals surface area contributed by atoms with Crippen molar-refractivity contribution in [3.63, 3.8) is 0 Å². The van der Waals surface area contributed by atoms with E-state index in [0.29, 0.717) is 11.1 Å². The minimum atomic E-state index is -1.23. The summed E-state index contributed by atoms with van der Waals surface area (Å²) < 4.78 is 4.98. The van der Waals surface area contributed by atoms with E-state index in [1.165, 1.54) is 6.92 Å². The van der Waals surface area contributed by atoms with Crippen LogP contribution in [0.15, 0.2) is 60.7 Å². The summed E-state index contributed by atoms with van der Waals surface area (Å²) in [6, 6.07) is 15.0. The van der Waals surface area contributed by atoms with Crippen molar-refractivity contribution in [2.45, 2.75) is 32.0 Å². The molecule has 2 amide bonds. The Morgan fingerprint density at radius 2 is 1.55 bits per heavy atom. The van der Waals surface area contributed by atoms with Crippen LogP contribution in [-0.2, 0) is 41.7 Å². The zero-order valence-corrected chi connectivity index (χ0v) is 17.8. The highest BCUT2D eigenvalue weighted by atomic mass is 16.5. The van der Waals surface area contributed by atoms with E-state index < -0.39 is 41.4 Å². The van der Waals surface area contributed by atoms with Gasteiger partial charge in [0.1, 0.15) is 12.6 Å². The van der Waals surface area contributed by atoms with Gasteiger partial charge >= 0.3 is 17.6 Å². The van der Waals surface area contributed by atoms with E-state index in [4.69, 9.17) is 10.3 Å². The molecule has 170 valence electrons. The zero-order valence-electron chi connectivity index (χ0n) is 17.8. The van der Waals surface area contributed by atoms with E-state index in [9.17, 15) is 24.0 Å². The zero-order chi connectivity index (χ0) is 24.2. The lowest BCUT2D eigenvalue weighted by Crippen LogP contribution is -2.54. The number of hydrogen-bond donors (Lipinski definition) is 2. The van der Waals surface area contributed by atoms with Gasteiger partial charge in [0.2, 0.25) is 12.2 Å². The van der Waals surface area contributed by atoms with Crippen LogP contribution in [0.1, 0.15) is 18.1 Å². The molecule has 0 aromatic heterocycles. The first-order chi connectivity index (χ1) is 15.8. The number of ether oxygens (including phenoxy) is 1. The van der Waals surface area contributed by atoms with Crippen molar-refractivity contribution in [1.29, 1.82) is 0 Å². The summed E-state index contributed by atoms with van der Waals surface area (Å²) in [7, 11) is 0. The van der Waals surface area contributed by atoms with Gasteiger partial charge in [0.05, 0.1) is 6.04 Å². The summed E-state index contributed by atoms with van der Waals surface area (Å²) in [4.78, 5) is 62.7. The molecule has 0 aliphatic rings. The van der Waals surface area contributed by atoms with Gasteiger partial charge in [-0.3, -0.25) is 19.2 Å². The molecule has 0 aliphatic carbocycles. The van der Waals surface area contributed by atoms with Gasteiger partial charge in [-0.1, -0.05) is 60.7 Å². The van der Waals surface area contributed by atoms with Crippen molar-refractivity contribution in [2.24, 2.45) is 0 Å². The predicted octanol–water partition coefficient (Wildman–Crippen LogP) is 0.401. The number of nitrogens with zero attached hydrogens (tertiary/aromatic N) is 2. The lowest BCUT2D eigenvalue weighted by atomic mass is 10.0. The highest BCUT2D eigenvalue weighted by Gasteiger charge is 2.31. The van der Waals surface area contributed by atoms with Crippen molar-refractivity contribution >= 4 is 35.6 Å². The normalized spacial score (nSPS) is 11.8. The molecule has 10 heteroatoms. The summed E-state index contributed by atoms with van der Waals surface area (Å²) in [5, 5.41) is 4.66. The lowest BCUT2D eigenvalue weighted by Gasteiger charge is -2.20. The van der Waals surface area contributed by atoms with Gasteiger partial charge in [-0.15, -0.1) is 0 Å². The van der Waals surface area contributed by atoms with Crippen molar-refractivity contribution < 1.29 is 33.5 Å². The van der Waals surface area contributed by atoms with Crippen LogP contribution in [0.4, 0.5) is 0 Å². The summed E-state index contributed by atoms with van der Waals surface area (Å²) >= 11 is 0. The van der Waals surface area contributed by atoms with Crippen LogP contribution in [0, 0.1) is 0 Å². The number of carbonyl (C=O) groups is 5. The minimum absolute atomic E-state index is 0.0138. The fourth-order valence-electron chi connectivity index (χ4n) is 2.80. The van der Waals surface area contributed by atoms with Gasteiger partial charge in [-0.25, -0.2) is 4.79 Å². The number of esters is 1. The van der Waals surface area contributed by atoms with Crippen LogP contribution in [-0.4, -0.2) is 52.4 Å². The number of Topliss-reactive ketones (excluding diaryl/α,β-unsaturated/α-hetero) is 1. The highest BCUT2D eigenvalue weighted by Crippen LogP contribution is 2.05. The summed E-state index contributed by atoms with van der Waals surface area (Å²) in [6.45, 7) is 1.16. The Balaban J connectivity index is 2.09. The van der Waals surface area contributed by atoms with E-state index in [-0.39, 0.29) is 19.3 Å². The molecule has 0 aliphatic heterocycles. The van der Waals surface area contributed by atoms with E-state index in [2.05, 4.69) is 15.4 Å². The molecule has 2 N–H and O–H groups in total. The van der Waals surface area contributed by atoms with Crippen molar-refractivity contribution in [2.75, 3.05) is 0 Å². The maximum absolute atomic E-state index is 12.8. The number of ketones is 1. The molecule has 2 atom stereocenters. The molecule has 0 unspecified atom stereocenters. The number of carbonyl (C=O) groups excluding carboxylic acids is 5. The second kappa shape index (κ2) is 12.4. The maximum atomic E-state index is 12.8. The van der Waals surface area contributed by atoms with Crippen LogP contribution >= 0.6 is 0 Å². The molecule has 0 saturated heterocycles. The first-order valence-electron chi connectivity index (χ1n) is 9.93. The molecule has 0 fully saturated rings.